The van der Waals surface area contributed by atoms with E-state index in [1.807, 2.05) is 0 Å². The summed E-state index contributed by atoms with van der Waals surface area (Å²) < 4.78 is 5.77. The molecule has 0 unspecified atom stereocenters. The van der Waals surface area contributed by atoms with Crippen molar-refractivity contribution in [3.05, 3.63) is 59.7 Å². The summed E-state index contributed by atoms with van der Waals surface area (Å²) in [5.74, 6) is 1.29. The lowest BCUT2D eigenvalue weighted by Gasteiger charge is -2.21. The zero-order valence-corrected chi connectivity index (χ0v) is 14.7. The summed E-state index contributed by atoms with van der Waals surface area (Å²) in [6.45, 7) is 1.53. The Bertz CT molecular complexity index is 814. The molecule has 5 nitrogen and oxygen atoms in total. The van der Waals surface area contributed by atoms with Crippen molar-refractivity contribution in [1.82, 2.24) is 10.6 Å². The molecule has 0 aliphatic carbocycles. The third kappa shape index (κ3) is 3.48. The number of hydrogen-bond acceptors (Lipinski definition) is 4. The van der Waals surface area contributed by atoms with Crippen molar-refractivity contribution in [2.24, 2.45) is 0 Å². The van der Waals surface area contributed by atoms with E-state index in [-0.39, 0.29) is 17.7 Å². The van der Waals surface area contributed by atoms with Crippen molar-refractivity contribution < 1.29 is 14.3 Å². The number of fused-ring (bicyclic) bond motifs is 2. The van der Waals surface area contributed by atoms with Gasteiger partial charge in [-0.15, -0.1) is 0 Å². The topological polar surface area (TPSA) is 67.4 Å². The van der Waals surface area contributed by atoms with E-state index in [1.165, 1.54) is 13.3 Å². The fourth-order valence-corrected chi connectivity index (χ4v) is 3.80. The summed E-state index contributed by atoms with van der Waals surface area (Å²) in [4.78, 5) is 23.7. The first-order chi connectivity index (χ1) is 12.6. The molecule has 2 heterocycles. The number of benzene rings is 2. The van der Waals surface area contributed by atoms with Crippen molar-refractivity contribution in [2.75, 3.05) is 0 Å². The fraction of sp³-hybridized carbons (Fsp3) is 0.333. The number of rotatable bonds is 5. The number of Topliss-reactive ketones (excluding diaryl/α,β-unsaturated/α-hetero) is 1. The zero-order chi connectivity index (χ0) is 18.1. The maximum absolute atomic E-state index is 12.4. The highest BCUT2D eigenvalue weighted by atomic mass is 16.5. The average Bonchev–Trinajstić information content (AvgIpc) is 3.26. The molecule has 134 valence electrons. The molecule has 3 atom stereocenters. The maximum Gasteiger partial charge on any atom is 0.251 e. The van der Waals surface area contributed by atoms with Crippen LogP contribution in [0.2, 0.25) is 0 Å². The molecule has 0 spiro atoms. The molecule has 2 aliphatic heterocycles. The second kappa shape index (κ2) is 6.92. The fourth-order valence-electron chi connectivity index (χ4n) is 3.80. The van der Waals surface area contributed by atoms with Crippen LogP contribution in [0.15, 0.2) is 48.5 Å². The number of nitrogens with one attached hydrogen (secondary N) is 2. The van der Waals surface area contributed by atoms with E-state index in [1.54, 1.807) is 48.5 Å². The van der Waals surface area contributed by atoms with Gasteiger partial charge in [0.15, 0.2) is 5.78 Å². The molecule has 2 N–H and O–H groups in total. The predicted octanol–water partition coefficient (Wildman–Crippen LogP) is 3.30. The van der Waals surface area contributed by atoms with Gasteiger partial charge in [-0.05, 0) is 74.7 Å². The van der Waals surface area contributed by atoms with E-state index in [9.17, 15) is 9.59 Å². The molecule has 1 amide bonds. The summed E-state index contributed by atoms with van der Waals surface area (Å²) in [7, 11) is 0. The molecule has 4 rings (SSSR count). The second-order valence-corrected chi connectivity index (χ2v) is 7.07. The van der Waals surface area contributed by atoms with Gasteiger partial charge in [-0.3, -0.25) is 9.59 Å². The lowest BCUT2D eigenvalue weighted by atomic mass is 9.95. The van der Waals surface area contributed by atoms with Gasteiger partial charge < -0.3 is 15.4 Å². The molecular weight excluding hydrogens is 328 g/mol. The Hall–Kier alpha value is -2.66. The summed E-state index contributed by atoms with van der Waals surface area (Å²) >= 11 is 0. The molecule has 5 heteroatoms. The van der Waals surface area contributed by atoms with Crippen molar-refractivity contribution >= 4 is 11.7 Å². The van der Waals surface area contributed by atoms with E-state index in [0.29, 0.717) is 34.7 Å². The van der Waals surface area contributed by atoms with Crippen molar-refractivity contribution in [3.63, 3.8) is 0 Å². The average molecular weight is 350 g/mol. The summed E-state index contributed by atoms with van der Waals surface area (Å²) in [5.41, 5.74) is 1.28. The smallest absolute Gasteiger partial charge is 0.251 e. The minimum absolute atomic E-state index is 0.0256. The van der Waals surface area contributed by atoms with Crippen LogP contribution in [-0.2, 0) is 0 Å². The Kier molecular flexibility index (Phi) is 4.47. The molecule has 2 bridgehead atoms. The van der Waals surface area contributed by atoms with Gasteiger partial charge in [0.25, 0.3) is 5.91 Å². The number of amides is 1. The van der Waals surface area contributed by atoms with Crippen LogP contribution >= 0.6 is 0 Å². The number of hydrogen-bond donors (Lipinski definition) is 2. The molecule has 2 aromatic rings. The standard InChI is InChI=1S/C21H22N2O3/c1-13(24)14-2-7-17(8-3-14)26-18-9-4-15(5-10-18)21(25)23-20-12-16-6-11-19(20)22-16/h2-5,7-10,16,19-20,22H,6,11-12H2,1H3,(H,23,25)/t16-,19+,20-/m1/s1. The molecule has 0 aromatic heterocycles. The SMILES string of the molecule is CC(=O)c1ccc(Oc2ccc(C(=O)N[C@@H]3C[C@H]4CC[C@@H]3N4)cc2)cc1. The van der Waals surface area contributed by atoms with Crippen LogP contribution < -0.4 is 15.4 Å². The van der Waals surface area contributed by atoms with E-state index >= 15 is 0 Å². The predicted molar refractivity (Wildman–Crippen MR) is 98.8 cm³/mol. The summed E-state index contributed by atoms with van der Waals surface area (Å²) in [5, 5.41) is 6.66. The molecule has 26 heavy (non-hydrogen) atoms. The zero-order valence-electron chi connectivity index (χ0n) is 14.7. The number of ketones is 1. The monoisotopic (exact) mass is 350 g/mol. The highest BCUT2D eigenvalue weighted by Gasteiger charge is 2.39. The van der Waals surface area contributed by atoms with Gasteiger partial charge in [0, 0.05) is 29.3 Å². The first-order valence-corrected chi connectivity index (χ1v) is 9.04. The van der Waals surface area contributed by atoms with Crippen molar-refractivity contribution in [1.29, 1.82) is 0 Å². The quantitative estimate of drug-likeness (QED) is 0.812. The van der Waals surface area contributed by atoms with E-state index < -0.39 is 0 Å². The summed E-state index contributed by atoms with van der Waals surface area (Å²) in [6.07, 6.45) is 3.38. The Balaban J connectivity index is 1.37. The van der Waals surface area contributed by atoms with Crippen LogP contribution in [0.3, 0.4) is 0 Å². The number of carbonyl (C=O) groups is 2. The molecule has 0 radical (unpaired) electrons. The first-order valence-electron chi connectivity index (χ1n) is 9.04. The minimum Gasteiger partial charge on any atom is -0.457 e. The van der Waals surface area contributed by atoms with Crippen LogP contribution in [0.25, 0.3) is 0 Å². The van der Waals surface area contributed by atoms with Crippen LogP contribution in [0.5, 0.6) is 11.5 Å². The Morgan fingerprint density at radius 1 is 0.962 bits per heavy atom. The number of ether oxygens (including phenoxy) is 1. The van der Waals surface area contributed by atoms with Crippen molar-refractivity contribution in [3.8, 4) is 11.5 Å². The van der Waals surface area contributed by atoms with E-state index in [4.69, 9.17) is 4.74 Å². The van der Waals surface area contributed by atoms with Gasteiger partial charge in [-0.2, -0.15) is 0 Å². The molecular formula is C21H22N2O3. The van der Waals surface area contributed by atoms with Crippen LogP contribution in [0, 0.1) is 0 Å². The molecule has 2 saturated heterocycles. The van der Waals surface area contributed by atoms with Gasteiger partial charge >= 0.3 is 0 Å². The van der Waals surface area contributed by atoms with Crippen LogP contribution in [0.1, 0.15) is 46.9 Å². The third-order valence-electron chi connectivity index (χ3n) is 5.23. The second-order valence-electron chi connectivity index (χ2n) is 7.07. The van der Waals surface area contributed by atoms with Crippen LogP contribution in [0.4, 0.5) is 0 Å². The largest absolute Gasteiger partial charge is 0.457 e. The third-order valence-corrected chi connectivity index (χ3v) is 5.23. The normalized spacial score (nSPS) is 23.7. The van der Waals surface area contributed by atoms with Gasteiger partial charge in [0.1, 0.15) is 11.5 Å². The summed E-state index contributed by atoms with van der Waals surface area (Å²) in [6, 6.07) is 15.3. The van der Waals surface area contributed by atoms with Gasteiger partial charge in [-0.1, -0.05) is 0 Å². The highest BCUT2D eigenvalue weighted by Crippen LogP contribution is 2.28. The van der Waals surface area contributed by atoms with Gasteiger partial charge in [-0.25, -0.2) is 0 Å². The van der Waals surface area contributed by atoms with E-state index in [2.05, 4.69) is 10.6 Å². The Labute approximate surface area is 152 Å². The van der Waals surface area contributed by atoms with Crippen molar-refractivity contribution in [2.45, 2.75) is 44.3 Å². The van der Waals surface area contributed by atoms with Gasteiger partial charge in [0.05, 0.1) is 0 Å². The molecule has 2 fully saturated rings. The maximum atomic E-state index is 12.4. The molecule has 2 aliphatic rings. The van der Waals surface area contributed by atoms with Gasteiger partial charge in [0.2, 0.25) is 0 Å². The van der Waals surface area contributed by atoms with E-state index in [0.717, 1.165) is 12.8 Å². The minimum atomic E-state index is -0.0401. The molecule has 2 aromatic carbocycles. The lowest BCUT2D eigenvalue weighted by molar-refractivity contribution is 0.0930. The number of carbonyl (C=O) groups excluding carboxylic acids is 2. The van der Waals surface area contributed by atoms with Crippen LogP contribution in [-0.4, -0.2) is 29.8 Å². The Morgan fingerprint density at radius 2 is 1.58 bits per heavy atom. The highest BCUT2D eigenvalue weighted by molar-refractivity contribution is 5.95. The Morgan fingerprint density at radius 3 is 2.08 bits per heavy atom. The first kappa shape index (κ1) is 16.8. The molecule has 0 saturated carbocycles. The lowest BCUT2D eigenvalue weighted by Crippen LogP contribution is -2.42.